The fraction of sp³-hybridized carbons (Fsp3) is 1.00. The molecule has 1 fully saturated rings. The molecule has 4 heteroatoms. The van der Waals surface area contributed by atoms with Crippen LogP contribution in [0, 0.1) is 0 Å². The van der Waals surface area contributed by atoms with Gasteiger partial charge in [-0.3, -0.25) is 0 Å². The second-order valence-electron chi connectivity index (χ2n) is 5.14. The van der Waals surface area contributed by atoms with E-state index < -0.39 is 16.5 Å². The SMILES string of the molecule is CN(C)[Si]1(C)C[Si](C)(N(C)C)C1. The van der Waals surface area contributed by atoms with Crippen LogP contribution in [0.2, 0.25) is 24.4 Å². The van der Waals surface area contributed by atoms with E-state index in [9.17, 15) is 0 Å². The zero-order valence-electron chi connectivity index (χ0n) is 9.31. The highest BCUT2D eigenvalue weighted by atomic mass is 28.5. The highest BCUT2D eigenvalue weighted by Gasteiger charge is 2.54. The summed E-state index contributed by atoms with van der Waals surface area (Å²) < 4.78 is 5.04. The zero-order valence-corrected chi connectivity index (χ0v) is 11.3. The summed E-state index contributed by atoms with van der Waals surface area (Å²) in [6.45, 7) is 5.04. The first-order valence-electron chi connectivity index (χ1n) is 4.65. The summed E-state index contributed by atoms with van der Waals surface area (Å²) in [5, 5.41) is 0. The molecule has 0 atom stereocenters. The smallest absolute Gasteiger partial charge is 0.122 e. The predicted molar refractivity (Wildman–Crippen MR) is 60.2 cm³/mol. The standard InChI is InChI=1S/C8H22N2Si2/c1-9(2)11(5)7-12(6,8-11)10(3)4/h7-8H2,1-6H3. The predicted octanol–water partition coefficient (Wildman–Crippen LogP) is 1.35. The minimum Gasteiger partial charge on any atom is -0.329 e. The molecule has 0 spiro atoms. The number of rotatable bonds is 2. The Hall–Kier alpha value is 0.354. The summed E-state index contributed by atoms with van der Waals surface area (Å²) in [4.78, 5) is 0. The van der Waals surface area contributed by atoms with Crippen LogP contribution >= 0.6 is 0 Å². The van der Waals surface area contributed by atoms with E-state index in [-0.39, 0.29) is 0 Å². The van der Waals surface area contributed by atoms with E-state index in [0.29, 0.717) is 0 Å². The first-order chi connectivity index (χ1) is 5.30. The van der Waals surface area contributed by atoms with Crippen LogP contribution in [-0.4, -0.2) is 53.8 Å². The Balaban J connectivity index is 2.56. The Bertz CT molecular complexity index is 156. The van der Waals surface area contributed by atoms with E-state index >= 15 is 0 Å². The fourth-order valence-electron chi connectivity index (χ4n) is 2.22. The van der Waals surface area contributed by atoms with Gasteiger partial charge in [-0.15, -0.1) is 0 Å². The van der Waals surface area contributed by atoms with Crippen LogP contribution in [0.15, 0.2) is 0 Å². The van der Waals surface area contributed by atoms with Gasteiger partial charge in [0.05, 0.1) is 0 Å². The first kappa shape index (κ1) is 10.4. The molecule has 0 saturated carbocycles. The van der Waals surface area contributed by atoms with Gasteiger partial charge >= 0.3 is 0 Å². The van der Waals surface area contributed by atoms with E-state index in [1.807, 2.05) is 0 Å². The molecule has 72 valence electrons. The van der Waals surface area contributed by atoms with Crippen molar-refractivity contribution in [2.24, 2.45) is 0 Å². The van der Waals surface area contributed by atoms with Crippen LogP contribution in [-0.2, 0) is 0 Å². The van der Waals surface area contributed by atoms with Crippen molar-refractivity contribution in [3.8, 4) is 0 Å². The molecule has 1 saturated heterocycles. The van der Waals surface area contributed by atoms with Crippen molar-refractivity contribution in [1.29, 1.82) is 0 Å². The Morgan fingerprint density at radius 1 is 0.750 bits per heavy atom. The average molecular weight is 202 g/mol. The molecule has 0 amide bonds. The van der Waals surface area contributed by atoms with Gasteiger partial charge < -0.3 is 9.13 Å². The molecule has 2 nitrogen and oxygen atoms in total. The van der Waals surface area contributed by atoms with E-state index in [4.69, 9.17) is 0 Å². The van der Waals surface area contributed by atoms with Gasteiger partial charge in [0.25, 0.3) is 0 Å². The van der Waals surface area contributed by atoms with E-state index in [1.54, 1.807) is 11.3 Å². The first-order valence-corrected chi connectivity index (χ1v) is 10.4. The van der Waals surface area contributed by atoms with Crippen molar-refractivity contribution in [2.75, 3.05) is 28.2 Å². The third-order valence-corrected chi connectivity index (χ3v) is 20.2. The van der Waals surface area contributed by atoms with Crippen molar-refractivity contribution in [3.05, 3.63) is 0 Å². The Kier molecular flexibility index (Phi) is 2.55. The molecule has 0 aliphatic carbocycles. The van der Waals surface area contributed by atoms with Gasteiger partial charge in [0.1, 0.15) is 16.5 Å². The molecule has 0 N–H and O–H groups in total. The lowest BCUT2D eigenvalue weighted by Gasteiger charge is -2.56. The Morgan fingerprint density at radius 3 is 1.17 bits per heavy atom. The van der Waals surface area contributed by atoms with Gasteiger partial charge in [-0.1, -0.05) is 13.1 Å². The van der Waals surface area contributed by atoms with Gasteiger partial charge in [-0.05, 0) is 39.5 Å². The maximum Gasteiger partial charge on any atom is 0.122 e. The van der Waals surface area contributed by atoms with Crippen molar-refractivity contribution in [2.45, 2.75) is 24.4 Å². The lowest BCUT2D eigenvalue weighted by molar-refractivity contribution is 0.571. The van der Waals surface area contributed by atoms with Crippen LogP contribution < -0.4 is 0 Å². The Labute approximate surface area is 78.7 Å². The molecule has 1 aliphatic heterocycles. The van der Waals surface area contributed by atoms with Crippen molar-refractivity contribution in [3.63, 3.8) is 0 Å². The maximum atomic E-state index is 2.52. The van der Waals surface area contributed by atoms with Gasteiger partial charge in [-0.2, -0.15) is 0 Å². The topological polar surface area (TPSA) is 6.48 Å². The number of hydrogen-bond acceptors (Lipinski definition) is 2. The van der Waals surface area contributed by atoms with Crippen LogP contribution in [0.3, 0.4) is 0 Å². The van der Waals surface area contributed by atoms with Crippen molar-refractivity contribution in [1.82, 2.24) is 9.13 Å². The molecule has 1 aliphatic rings. The zero-order chi connectivity index (χ0) is 9.57. The third-order valence-electron chi connectivity index (χ3n) is 3.68. The molecule has 12 heavy (non-hydrogen) atoms. The minimum atomic E-state index is -0.919. The average Bonchev–Trinajstić information content (AvgIpc) is 1.83. The highest BCUT2D eigenvalue weighted by molar-refractivity contribution is 7.10. The molecule has 0 aromatic carbocycles. The van der Waals surface area contributed by atoms with Crippen molar-refractivity contribution < 1.29 is 0 Å². The molecule has 1 rings (SSSR count). The number of nitrogens with zero attached hydrogens (tertiary/aromatic N) is 2. The largest absolute Gasteiger partial charge is 0.329 e. The number of hydrogen-bond donors (Lipinski definition) is 0. The monoisotopic (exact) mass is 202 g/mol. The summed E-state index contributed by atoms with van der Waals surface area (Å²) in [5.41, 5.74) is 3.11. The quantitative estimate of drug-likeness (QED) is 0.624. The molecule has 0 aromatic heterocycles. The summed E-state index contributed by atoms with van der Waals surface area (Å²) in [6, 6.07) is 0. The lowest BCUT2D eigenvalue weighted by atomic mass is 11.3. The van der Waals surface area contributed by atoms with E-state index in [1.165, 1.54) is 0 Å². The molecule has 0 aromatic rings. The van der Waals surface area contributed by atoms with Crippen LogP contribution in [0.1, 0.15) is 0 Å². The van der Waals surface area contributed by atoms with Gasteiger partial charge in [0.2, 0.25) is 0 Å². The molecular weight excluding hydrogens is 180 g/mol. The normalized spacial score (nSPS) is 42.0. The van der Waals surface area contributed by atoms with Crippen molar-refractivity contribution >= 4 is 16.5 Å². The second kappa shape index (κ2) is 2.94. The maximum absolute atomic E-state index is 2.52. The van der Waals surface area contributed by atoms with Gasteiger partial charge in [-0.25, -0.2) is 0 Å². The summed E-state index contributed by atoms with van der Waals surface area (Å²) in [5.74, 6) is 0. The third kappa shape index (κ3) is 1.53. The molecular formula is C8H22N2Si2. The fourth-order valence-corrected chi connectivity index (χ4v) is 20.0. The highest BCUT2D eigenvalue weighted by Crippen LogP contribution is 2.41. The summed E-state index contributed by atoms with van der Waals surface area (Å²) in [6.07, 6.45) is 0. The van der Waals surface area contributed by atoms with Gasteiger partial charge in [0, 0.05) is 0 Å². The van der Waals surface area contributed by atoms with Gasteiger partial charge in [0.15, 0.2) is 0 Å². The van der Waals surface area contributed by atoms with Crippen LogP contribution in [0.4, 0.5) is 0 Å². The van der Waals surface area contributed by atoms with E-state index in [2.05, 4.69) is 50.4 Å². The van der Waals surface area contributed by atoms with Crippen LogP contribution in [0.25, 0.3) is 0 Å². The summed E-state index contributed by atoms with van der Waals surface area (Å²) >= 11 is 0. The minimum absolute atomic E-state index is 0.919. The Morgan fingerprint density at radius 2 is 1.00 bits per heavy atom. The second-order valence-corrected chi connectivity index (χ2v) is 15.7. The van der Waals surface area contributed by atoms with E-state index in [0.717, 1.165) is 0 Å². The molecule has 0 unspecified atom stereocenters. The van der Waals surface area contributed by atoms with Crippen LogP contribution in [0.5, 0.6) is 0 Å². The molecule has 0 radical (unpaired) electrons. The lowest BCUT2D eigenvalue weighted by Crippen LogP contribution is -2.71. The molecule has 0 bridgehead atoms. The summed E-state index contributed by atoms with van der Waals surface area (Å²) in [7, 11) is 7.20. The molecule has 1 heterocycles.